The van der Waals surface area contributed by atoms with E-state index in [0.717, 1.165) is 12.0 Å². The fourth-order valence-corrected chi connectivity index (χ4v) is 4.09. The van der Waals surface area contributed by atoms with E-state index in [0.29, 0.717) is 36.3 Å². The summed E-state index contributed by atoms with van der Waals surface area (Å²) >= 11 is 0. The molecule has 0 bridgehead atoms. The molecule has 3 aromatic rings. The van der Waals surface area contributed by atoms with Gasteiger partial charge >= 0.3 is 5.97 Å². The number of aromatic nitrogens is 4. The van der Waals surface area contributed by atoms with E-state index in [4.69, 9.17) is 4.74 Å². The van der Waals surface area contributed by atoms with Crippen molar-refractivity contribution in [1.82, 2.24) is 25.1 Å². The van der Waals surface area contributed by atoms with Crippen molar-refractivity contribution in [2.75, 3.05) is 13.1 Å². The van der Waals surface area contributed by atoms with Crippen LogP contribution in [0, 0.1) is 0 Å². The molecular formula is C20H17N5O3. The summed E-state index contributed by atoms with van der Waals surface area (Å²) in [5, 5.41) is 11.1. The molecule has 1 unspecified atom stereocenters. The number of carbonyl (C=O) groups excluding carboxylic acids is 2. The van der Waals surface area contributed by atoms with E-state index in [9.17, 15) is 9.59 Å². The first-order valence-corrected chi connectivity index (χ1v) is 9.12. The van der Waals surface area contributed by atoms with Crippen LogP contribution in [-0.2, 0) is 10.3 Å². The molecule has 140 valence electrons. The SMILES string of the molecule is O=C1OC2(CCCN(C(=O)c3cccc(-n4cnnn4)c3)C2)c2ccccc21. The summed E-state index contributed by atoms with van der Waals surface area (Å²) in [5.41, 5.74) is 1.97. The number of esters is 1. The number of benzene rings is 2. The van der Waals surface area contributed by atoms with E-state index in [1.54, 1.807) is 29.2 Å². The summed E-state index contributed by atoms with van der Waals surface area (Å²) in [4.78, 5) is 27.3. The van der Waals surface area contributed by atoms with E-state index in [-0.39, 0.29) is 11.9 Å². The lowest BCUT2D eigenvalue weighted by Gasteiger charge is -2.39. The minimum atomic E-state index is -0.755. The van der Waals surface area contributed by atoms with Gasteiger partial charge < -0.3 is 9.64 Å². The molecule has 28 heavy (non-hydrogen) atoms. The minimum absolute atomic E-state index is 0.102. The summed E-state index contributed by atoms with van der Waals surface area (Å²) in [5.74, 6) is -0.417. The minimum Gasteiger partial charge on any atom is -0.449 e. The second-order valence-electron chi connectivity index (χ2n) is 7.06. The van der Waals surface area contributed by atoms with Crippen LogP contribution in [0.1, 0.15) is 39.1 Å². The monoisotopic (exact) mass is 375 g/mol. The van der Waals surface area contributed by atoms with Crippen molar-refractivity contribution in [1.29, 1.82) is 0 Å². The van der Waals surface area contributed by atoms with Gasteiger partial charge in [-0.3, -0.25) is 4.79 Å². The highest BCUT2D eigenvalue weighted by molar-refractivity contribution is 5.96. The molecule has 5 rings (SSSR count). The standard InChI is InChI=1S/C20H17N5O3/c26-18(14-5-3-6-15(11-14)25-13-21-22-23-25)24-10-4-9-20(12-24)17-8-2-1-7-16(17)19(27)28-20/h1-3,5-8,11,13H,4,9-10,12H2. The molecule has 1 fully saturated rings. The Balaban J connectivity index is 1.44. The Kier molecular flexibility index (Phi) is 3.71. The number of ether oxygens (including phenoxy) is 1. The highest BCUT2D eigenvalue weighted by atomic mass is 16.6. The first-order chi connectivity index (χ1) is 13.7. The molecule has 1 spiro atoms. The van der Waals surface area contributed by atoms with Crippen molar-refractivity contribution >= 4 is 11.9 Å². The molecule has 1 atom stereocenters. The van der Waals surface area contributed by atoms with Crippen LogP contribution in [0.25, 0.3) is 5.69 Å². The zero-order valence-electron chi connectivity index (χ0n) is 15.0. The number of fused-ring (bicyclic) bond motifs is 2. The van der Waals surface area contributed by atoms with Gasteiger partial charge in [0.25, 0.3) is 5.91 Å². The van der Waals surface area contributed by atoms with Gasteiger partial charge in [-0.1, -0.05) is 24.3 Å². The number of hydrogen-bond donors (Lipinski definition) is 0. The van der Waals surface area contributed by atoms with Crippen LogP contribution < -0.4 is 0 Å². The molecule has 8 nitrogen and oxygen atoms in total. The van der Waals surface area contributed by atoms with Gasteiger partial charge in [0.1, 0.15) is 6.33 Å². The van der Waals surface area contributed by atoms with Gasteiger partial charge in [-0.2, -0.15) is 0 Å². The number of piperidine rings is 1. The zero-order valence-corrected chi connectivity index (χ0v) is 15.0. The summed E-state index contributed by atoms with van der Waals surface area (Å²) in [6, 6.07) is 14.6. The third-order valence-corrected chi connectivity index (χ3v) is 5.37. The first-order valence-electron chi connectivity index (χ1n) is 9.12. The Morgan fingerprint density at radius 3 is 2.89 bits per heavy atom. The number of carbonyl (C=O) groups is 2. The van der Waals surface area contributed by atoms with Crippen LogP contribution in [0.4, 0.5) is 0 Å². The topological polar surface area (TPSA) is 90.2 Å². The molecule has 0 N–H and O–H groups in total. The summed E-state index contributed by atoms with van der Waals surface area (Å²) in [6.07, 6.45) is 2.96. The Morgan fingerprint density at radius 2 is 2.04 bits per heavy atom. The molecule has 2 aromatic carbocycles. The fraction of sp³-hybridized carbons (Fsp3) is 0.250. The molecular weight excluding hydrogens is 358 g/mol. The highest BCUT2D eigenvalue weighted by Gasteiger charge is 2.48. The van der Waals surface area contributed by atoms with Crippen molar-refractivity contribution in [3.63, 3.8) is 0 Å². The summed E-state index contributed by atoms with van der Waals surface area (Å²) < 4.78 is 7.30. The van der Waals surface area contributed by atoms with Crippen LogP contribution in [-0.4, -0.2) is 50.1 Å². The zero-order chi connectivity index (χ0) is 19.1. The van der Waals surface area contributed by atoms with Gasteiger partial charge in [-0.05, 0) is 47.5 Å². The van der Waals surface area contributed by atoms with Crippen molar-refractivity contribution in [3.05, 3.63) is 71.5 Å². The molecule has 2 aliphatic rings. The number of likely N-dealkylation sites (tertiary alicyclic amines) is 1. The number of rotatable bonds is 2. The van der Waals surface area contributed by atoms with Gasteiger partial charge in [0.15, 0.2) is 5.60 Å². The lowest BCUT2D eigenvalue weighted by Crippen LogP contribution is -2.48. The number of hydrogen-bond acceptors (Lipinski definition) is 6. The number of amides is 1. The maximum absolute atomic E-state index is 13.2. The van der Waals surface area contributed by atoms with Crippen molar-refractivity contribution < 1.29 is 14.3 Å². The van der Waals surface area contributed by atoms with Crippen LogP contribution in [0.15, 0.2) is 54.9 Å². The molecule has 8 heteroatoms. The van der Waals surface area contributed by atoms with E-state index < -0.39 is 5.60 Å². The van der Waals surface area contributed by atoms with Gasteiger partial charge in [0.05, 0.1) is 17.8 Å². The molecule has 0 radical (unpaired) electrons. The smallest absolute Gasteiger partial charge is 0.339 e. The molecule has 1 amide bonds. The van der Waals surface area contributed by atoms with Gasteiger partial charge in [-0.15, -0.1) is 5.10 Å². The average molecular weight is 375 g/mol. The molecule has 2 aliphatic heterocycles. The lowest BCUT2D eigenvalue weighted by molar-refractivity contribution is -0.0442. The summed E-state index contributed by atoms with van der Waals surface area (Å²) in [6.45, 7) is 0.971. The summed E-state index contributed by atoms with van der Waals surface area (Å²) in [7, 11) is 0. The molecule has 0 aliphatic carbocycles. The molecule has 0 saturated carbocycles. The van der Waals surface area contributed by atoms with Crippen LogP contribution in [0.5, 0.6) is 0 Å². The third-order valence-electron chi connectivity index (χ3n) is 5.37. The number of nitrogens with zero attached hydrogens (tertiary/aromatic N) is 5. The third kappa shape index (κ3) is 2.57. The second-order valence-corrected chi connectivity index (χ2v) is 7.06. The fourth-order valence-electron chi connectivity index (χ4n) is 4.09. The Morgan fingerprint density at radius 1 is 1.14 bits per heavy atom. The van der Waals surface area contributed by atoms with Crippen LogP contribution in [0.3, 0.4) is 0 Å². The van der Waals surface area contributed by atoms with Crippen LogP contribution >= 0.6 is 0 Å². The van der Waals surface area contributed by atoms with E-state index in [1.807, 2.05) is 24.3 Å². The Bertz CT molecular complexity index is 1070. The van der Waals surface area contributed by atoms with E-state index >= 15 is 0 Å². The van der Waals surface area contributed by atoms with E-state index in [2.05, 4.69) is 15.5 Å². The lowest BCUT2D eigenvalue weighted by atomic mass is 9.85. The second kappa shape index (κ2) is 6.26. The highest BCUT2D eigenvalue weighted by Crippen LogP contribution is 2.43. The molecule has 1 aromatic heterocycles. The Hall–Kier alpha value is -3.55. The van der Waals surface area contributed by atoms with E-state index in [1.165, 1.54) is 11.0 Å². The van der Waals surface area contributed by atoms with Crippen molar-refractivity contribution in [3.8, 4) is 5.69 Å². The van der Waals surface area contributed by atoms with Gasteiger partial charge in [0.2, 0.25) is 0 Å². The van der Waals surface area contributed by atoms with Gasteiger partial charge in [0, 0.05) is 17.7 Å². The number of tetrazole rings is 1. The maximum atomic E-state index is 13.2. The van der Waals surface area contributed by atoms with Crippen LogP contribution in [0.2, 0.25) is 0 Å². The predicted octanol–water partition coefficient (Wildman–Crippen LogP) is 1.96. The first kappa shape index (κ1) is 16.6. The average Bonchev–Trinajstić information content (AvgIpc) is 3.36. The Labute approximate surface area is 160 Å². The quantitative estimate of drug-likeness (QED) is 0.636. The van der Waals surface area contributed by atoms with Gasteiger partial charge in [-0.25, -0.2) is 9.48 Å². The maximum Gasteiger partial charge on any atom is 0.339 e. The molecule has 1 saturated heterocycles. The predicted molar refractivity (Wildman–Crippen MR) is 97.8 cm³/mol. The van der Waals surface area contributed by atoms with Crippen molar-refractivity contribution in [2.45, 2.75) is 18.4 Å². The van der Waals surface area contributed by atoms with Crippen molar-refractivity contribution in [2.24, 2.45) is 0 Å². The largest absolute Gasteiger partial charge is 0.449 e. The molecule has 3 heterocycles. The normalized spacial score (nSPS) is 20.9.